The Morgan fingerprint density at radius 1 is 1.15 bits per heavy atom. The molecular formula is C15H22N2O2S. The van der Waals surface area contributed by atoms with Crippen molar-refractivity contribution in [3.63, 3.8) is 0 Å². The van der Waals surface area contributed by atoms with Crippen molar-refractivity contribution in [2.45, 2.75) is 37.4 Å². The number of para-hydroxylation sites is 1. The van der Waals surface area contributed by atoms with E-state index >= 15 is 0 Å². The molecule has 0 aliphatic carbocycles. The Balaban J connectivity index is 1.96. The van der Waals surface area contributed by atoms with E-state index in [1.165, 1.54) is 0 Å². The predicted octanol–water partition coefficient (Wildman–Crippen LogP) is 1.91. The highest BCUT2D eigenvalue weighted by atomic mass is 32.2. The van der Waals surface area contributed by atoms with Crippen LogP contribution in [0.15, 0.2) is 24.3 Å². The third-order valence-corrected chi connectivity index (χ3v) is 6.54. The molecule has 110 valence electrons. The van der Waals surface area contributed by atoms with E-state index in [1.54, 1.807) is 4.31 Å². The molecule has 1 atom stereocenters. The van der Waals surface area contributed by atoms with Crippen LogP contribution in [0.2, 0.25) is 0 Å². The van der Waals surface area contributed by atoms with Crippen molar-refractivity contribution in [1.82, 2.24) is 5.32 Å². The van der Waals surface area contributed by atoms with Gasteiger partial charge in [0.2, 0.25) is 10.0 Å². The van der Waals surface area contributed by atoms with E-state index in [1.807, 2.05) is 18.2 Å². The fourth-order valence-corrected chi connectivity index (χ4v) is 5.16. The number of piperidine rings is 1. The van der Waals surface area contributed by atoms with E-state index in [0.717, 1.165) is 49.9 Å². The van der Waals surface area contributed by atoms with E-state index in [2.05, 4.69) is 11.4 Å². The monoisotopic (exact) mass is 294 g/mol. The molecule has 0 amide bonds. The van der Waals surface area contributed by atoms with E-state index in [0.29, 0.717) is 13.1 Å². The van der Waals surface area contributed by atoms with Gasteiger partial charge in [0.1, 0.15) is 0 Å². The standard InChI is InChI=1S/C15H22N2O2S/c18-20(19,14-8-5-10-16-12-14)17-11-4-3-7-13-6-1-2-9-15(13)17/h1-2,6,9,14,16H,3-5,7-8,10-12H2. The molecule has 1 N–H and O–H groups in total. The van der Waals surface area contributed by atoms with Gasteiger partial charge in [-0.1, -0.05) is 18.2 Å². The fraction of sp³-hybridized carbons (Fsp3) is 0.600. The highest BCUT2D eigenvalue weighted by molar-refractivity contribution is 7.93. The number of nitrogens with one attached hydrogen (secondary N) is 1. The van der Waals surface area contributed by atoms with Crippen LogP contribution in [0.3, 0.4) is 0 Å². The Morgan fingerprint density at radius 2 is 2.00 bits per heavy atom. The van der Waals surface area contributed by atoms with Crippen LogP contribution in [-0.2, 0) is 16.4 Å². The number of nitrogens with zero attached hydrogens (tertiary/aromatic N) is 1. The lowest BCUT2D eigenvalue weighted by atomic mass is 10.1. The van der Waals surface area contributed by atoms with Crippen molar-refractivity contribution in [3.8, 4) is 0 Å². The van der Waals surface area contributed by atoms with Gasteiger partial charge in [0.05, 0.1) is 10.9 Å². The molecule has 2 aliphatic heterocycles. The first kappa shape index (κ1) is 13.9. The summed E-state index contributed by atoms with van der Waals surface area (Å²) in [5, 5.41) is 2.94. The zero-order valence-electron chi connectivity index (χ0n) is 11.7. The molecule has 1 aromatic carbocycles. The Labute approximate surface area is 121 Å². The lowest BCUT2D eigenvalue weighted by Crippen LogP contribution is -2.46. The zero-order valence-corrected chi connectivity index (χ0v) is 12.5. The Hall–Kier alpha value is -1.07. The summed E-state index contributed by atoms with van der Waals surface area (Å²) in [5.74, 6) is 0. The van der Waals surface area contributed by atoms with E-state index in [4.69, 9.17) is 0 Å². The molecular weight excluding hydrogens is 272 g/mol. The molecule has 3 rings (SSSR count). The second-order valence-corrected chi connectivity index (χ2v) is 7.81. The molecule has 2 aliphatic rings. The van der Waals surface area contributed by atoms with E-state index < -0.39 is 10.0 Å². The zero-order chi connectivity index (χ0) is 14.0. The topological polar surface area (TPSA) is 49.4 Å². The maximum Gasteiger partial charge on any atom is 0.239 e. The summed E-state index contributed by atoms with van der Waals surface area (Å²) in [4.78, 5) is 0. The van der Waals surface area contributed by atoms with Crippen molar-refractivity contribution in [1.29, 1.82) is 0 Å². The van der Waals surface area contributed by atoms with Crippen molar-refractivity contribution < 1.29 is 8.42 Å². The number of hydrogen-bond acceptors (Lipinski definition) is 3. The van der Waals surface area contributed by atoms with Crippen molar-refractivity contribution in [2.24, 2.45) is 0 Å². The number of benzene rings is 1. The number of hydrogen-bond donors (Lipinski definition) is 1. The lowest BCUT2D eigenvalue weighted by Gasteiger charge is -2.31. The summed E-state index contributed by atoms with van der Waals surface area (Å²) in [5.41, 5.74) is 2.06. The van der Waals surface area contributed by atoms with Gasteiger partial charge in [0, 0.05) is 13.1 Å². The van der Waals surface area contributed by atoms with Crippen LogP contribution in [-0.4, -0.2) is 33.3 Å². The van der Waals surface area contributed by atoms with Gasteiger partial charge in [-0.15, -0.1) is 0 Å². The highest BCUT2D eigenvalue weighted by Gasteiger charge is 2.34. The minimum Gasteiger partial charge on any atom is -0.315 e. The Bertz CT molecular complexity index is 565. The second-order valence-electron chi connectivity index (χ2n) is 5.67. The van der Waals surface area contributed by atoms with E-state index in [9.17, 15) is 8.42 Å². The van der Waals surface area contributed by atoms with Crippen molar-refractivity contribution >= 4 is 15.7 Å². The molecule has 5 heteroatoms. The Morgan fingerprint density at radius 3 is 2.80 bits per heavy atom. The van der Waals surface area contributed by atoms with Gasteiger partial charge in [-0.05, 0) is 50.3 Å². The van der Waals surface area contributed by atoms with Crippen molar-refractivity contribution in [2.75, 3.05) is 23.9 Å². The van der Waals surface area contributed by atoms with Crippen LogP contribution < -0.4 is 9.62 Å². The molecule has 0 radical (unpaired) electrons. The fourth-order valence-electron chi connectivity index (χ4n) is 3.18. The smallest absolute Gasteiger partial charge is 0.239 e. The maximum atomic E-state index is 12.9. The first-order valence-electron chi connectivity index (χ1n) is 7.50. The normalized spacial score (nSPS) is 24.0. The van der Waals surface area contributed by atoms with Gasteiger partial charge in [0.15, 0.2) is 0 Å². The minimum absolute atomic E-state index is 0.276. The molecule has 1 saturated heterocycles. The predicted molar refractivity (Wildman–Crippen MR) is 81.5 cm³/mol. The summed E-state index contributed by atoms with van der Waals surface area (Å²) in [7, 11) is -3.25. The lowest BCUT2D eigenvalue weighted by molar-refractivity contribution is 0.494. The highest BCUT2D eigenvalue weighted by Crippen LogP contribution is 2.30. The largest absolute Gasteiger partial charge is 0.315 e. The van der Waals surface area contributed by atoms with Gasteiger partial charge in [-0.2, -0.15) is 0 Å². The number of anilines is 1. The molecule has 1 fully saturated rings. The Kier molecular flexibility index (Phi) is 3.98. The van der Waals surface area contributed by atoms with Crippen LogP contribution in [0.4, 0.5) is 5.69 Å². The van der Waals surface area contributed by atoms with Gasteiger partial charge in [0.25, 0.3) is 0 Å². The summed E-state index contributed by atoms with van der Waals surface area (Å²) >= 11 is 0. The van der Waals surface area contributed by atoms with E-state index in [-0.39, 0.29) is 5.25 Å². The summed E-state index contributed by atoms with van der Waals surface area (Å²) in [6, 6.07) is 7.94. The van der Waals surface area contributed by atoms with Crippen LogP contribution >= 0.6 is 0 Å². The van der Waals surface area contributed by atoms with Gasteiger partial charge in [-0.25, -0.2) is 8.42 Å². The molecule has 0 bridgehead atoms. The molecule has 1 unspecified atom stereocenters. The third-order valence-electron chi connectivity index (χ3n) is 4.30. The number of fused-ring (bicyclic) bond motifs is 1. The maximum absolute atomic E-state index is 12.9. The molecule has 2 heterocycles. The van der Waals surface area contributed by atoms with Crippen LogP contribution in [0, 0.1) is 0 Å². The van der Waals surface area contributed by atoms with Crippen LogP contribution in [0.1, 0.15) is 31.2 Å². The molecule has 4 nitrogen and oxygen atoms in total. The number of rotatable bonds is 2. The van der Waals surface area contributed by atoms with Crippen LogP contribution in [0.5, 0.6) is 0 Å². The SMILES string of the molecule is O=S(=O)(C1CCCNC1)N1CCCCc2ccccc21. The number of aryl methyl sites for hydroxylation is 1. The molecule has 0 saturated carbocycles. The first-order valence-corrected chi connectivity index (χ1v) is 9.00. The third kappa shape index (κ3) is 2.56. The first-order chi connectivity index (χ1) is 9.69. The summed E-state index contributed by atoms with van der Waals surface area (Å²) < 4.78 is 27.6. The number of sulfonamides is 1. The van der Waals surface area contributed by atoms with Crippen molar-refractivity contribution in [3.05, 3.63) is 29.8 Å². The second kappa shape index (κ2) is 5.74. The summed E-state index contributed by atoms with van der Waals surface area (Å²) in [6.07, 6.45) is 4.69. The van der Waals surface area contributed by atoms with Crippen LogP contribution in [0.25, 0.3) is 0 Å². The van der Waals surface area contributed by atoms with Gasteiger partial charge in [-0.3, -0.25) is 4.31 Å². The quantitative estimate of drug-likeness (QED) is 0.906. The molecule has 0 aromatic heterocycles. The average molecular weight is 294 g/mol. The average Bonchev–Trinajstić information content (AvgIpc) is 2.71. The summed E-state index contributed by atoms with van der Waals surface area (Å²) in [6.45, 7) is 2.14. The van der Waals surface area contributed by atoms with Gasteiger partial charge < -0.3 is 5.32 Å². The molecule has 1 aromatic rings. The molecule has 20 heavy (non-hydrogen) atoms. The van der Waals surface area contributed by atoms with Gasteiger partial charge >= 0.3 is 0 Å². The molecule has 0 spiro atoms. The minimum atomic E-state index is -3.25.